The van der Waals surface area contributed by atoms with Gasteiger partial charge in [0.15, 0.2) is 0 Å². The summed E-state index contributed by atoms with van der Waals surface area (Å²) in [5.41, 5.74) is 6.00. The van der Waals surface area contributed by atoms with E-state index in [0.717, 1.165) is 46.3 Å². The largest absolute Gasteiger partial charge is 0.497 e. The van der Waals surface area contributed by atoms with Gasteiger partial charge in [0.2, 0.25) is 5.91 Å². The Bertz CT molecular complexity index is 1520. The highest BCUT2D eigenvalue weighted by atomic mass is 16.5. The van der Waals surface area contributed by atoms with Gasteiger partial charge in [-0.3, -0.25) is 14.9 Å². The molecule has 222 valence electrons. The maximum absolute atomic E-state index is 14.0. The van der Waals surface area contributed by atoms with Crippen molar-refractivity contribution in [3.05, 3.63) is 53.1 Å². The summed E-state index contributed by atoms with van der Waals surface area (Å²) in [6.45, 7) is 1.94. The molecule has 0 saturated heterocycles. The molecule has 9 nitrogen and oxygen atoms in total. The van der Waals surface area contributed by atoms with E-state index in [1.165, 1.54) is 29.7 Å². The molecule has 9 heteroatoms. The second kappa shape index (κ2) is 11.8. The molecular weight excluding hydrogens is 532 g/mol. The van der Waals surface area contributed by atoms with Crippen molar-refractivity contribution >= 4 is 28.7 Å². The third kappa shape index (κ3) is 5.26. The molecule has 1 aromatic heterocycles. The number of methoxy groups -OCH3 is 1. The van der Waals surface area contributed by atoms with Crippen molar-refractivity contribution in [1.29, 1.82) is 0 Å². The van der Waals surface area contributed by atoms with Crippen LogP contribution in [0.1, 0.15) is 59.5 Å². The third-order valence-corrected chi connectivity index (χ3v) is 9.25. The fourth-order valence-corrected chi connectivity index (χ4v) is 6.91. The summed E-state index contributed by atoms with van der Waals surface area (Å²) in [7, 11) is 5.13. The number of imide groups is 1. The van der Waals surface area contributed by atoms with Crippen LogP contribution in [0.3, 0.4) is 0 Å². The van der Waals surface area contributed by atoms with Crippen molar-refractivity contribution in [1.82, 2.24) is 19.7 Å². The van der Waals surface area contributed by atoms with E-state index in [4.69, 9.17) is 9.47 Å². The molecule has 4 amide bonds. The zero-order valence-corrected chi connectivity index (χ0v) is 24.8. The van der Waals surface area contributed by atoms with Crippen molar-refractivity contribution in [2.75, 3.05) is 47.5 Å². The highest BCUT2D eigenvalue weighted by Gasteiger charge is 2.34. The Labute approximate surface area is 246 Å². The number of benzene rings is 2. The van der Waals surface area contributed by atoms with E-state index in [1.807, 2.05) is 31.3 Å². The second-order valence-electron chi connectivity index (χ2n) is 11.9. The lowest BCUT2D eigenvalue weighted by molar-refractivity contribution is -0.135. The number of nitrogens with one attached hydrogen (secondary N) is 1. The molecule has 6 rings (SSSR count). The standard InChI is InChI=1S/C33H40N4O5/c1-35-13-15-42-16-14-36(2)33(40)34-31(38)22-9-11-27-28(19-22)37-20-24(32(35)39)17-23-18-25(41-3)10-12-26(23)30(37)29(27)21-7-5-4-6-8-21/h9-12,18-19,21,24H,4-8,13-17,20H2,1-3H3,(H,34,38,40). The summed E-state index contributed by atoms with van der Waals surface area (Å²) in [5, 5.41) is 3.65. The number of likely N-dealkylation sites (N-methyl/N-ethyl adjacent to an activating group) is 2. The molecule has 3 aliphatic rings. The van der Waals surface area contributed by atoms with E-state index in [-0.39, 0.29) is 11.8 Å². The Morgan fingerprint density at radius 2 is 1.67 bits per heavy atom. The van der Waals surface area contributed by atoms with Crippen molar-refractivity contribution in [3.8, 4) is 17.0 Å². The van der Waals surface area contributed by atoms with Gasteiger partial charge in [0.25, 0.3) is 5.91 Å². The first-order chi connectivity index (χ1) is 20.4. The molecule has 1 aliphatic carbocycles. The number of carbonyl (C=O) groups excluding carboxylic acids is 3. The maximum Gasteiger partial charge on any atom is 0.324 e. The number of aromatic nitrogens is 1. The minimum atomic E-state index is -0.472. The molecule has 0 spiro atoms. The van der Waals surface area contributed by atoms with E-state index in [0.29, 0.717) is 50.8 Å². The van der Waals surface area contributed by atoms with Crippen LogP contribution < -0.4 is 10.1 Å². The van der Waals surface area contributed by atoms with Crippen LogP contribution >= 0.6 is 0 Å². The molecular formula is C33H40N4O5. The van der Waals surface area contributed by atoms with Crippen LogP contribution in [-0.4, -0.2) is 79.7 Å². The van der Waals surface area contributed by atoms with Gasteiger partial charge < -0.3 is 23.8 Å². The predicted octanol–water partition coefficient (Wildman–Crippen LogP) is 4.81. The van der Waals surface area contributed by atoms with E-state index >= 15 is 0 Å². The first kappa shape index (κ1) is 28.3. The van der Waals surface area contributed by atoms with Crippen LogP contribution in [-0.2, 0) is 22.5 Å². The smallest absolute Gasteiger partial charge is 0.324 e. The van der Waals surface area contributed by atoms with Gasteiger partial charge in [0, 0.05) is 55.8 Å². The summed E-state index contributed by atoms with van der Waals surface area (Å²) in [5.74, 6) is 0.477. The molecule has 42 heavy (non-hydrogen) atoms. The van der Waals surface area contributed by atoms with Gasteiger partial charge in [-0.15, -0.1) is 0 Å². The van der Waals surface area contributed by atoms with Crippen molar-refractivity contribution in [3.63, 3.8) is 0 Å². The minimum Gasteiger partial charge on any atom is -0.497 e. The van der Waals surface area contributed by atoms with Gasteiger partial charge >= 0.3 is 6.03 Å². The lowest BCUT2D eigenvalue weighted by Gasteiger charge is -2.24. The fraction of sp³-hybridized carbons (Fsp3) is 0.485. The highest BCUT2D eigenvalue weighted by Crippen LogP contribution is 2.47. The highest BCUT2D eigenvalue weighted by molar-refractivity contribution is 6.07. The van der Waals surface area contributed by atoms with E-state index in [1.54, 1.807) is 19.1 Å². The van der Waals surface area contributed by atoms with Crippen LogP contribution in [0.2, 0.25) is 0 Å². The van der Waals surface area contributed by atoms with Gasteiger partial charge in [-0.05, 0) is 66.6 Å². The molecule has 1 unspecified atom stereocenters. The van der Waals surface area contributed by atoms with Crippen LogP contribution in [0, 0.1) is 5.92 Å². The third-order valence-electron chi connectivity index (χ3n) is 9.25. The minimum absolute atomic E-state index is 0.0618. The molecule has 0 radical (unpaired) electrons. The van der Waals surface area contributed by atoms with Gasteiger partial charge in [-0.25, -0.2) is 4.79 Å². The quantitative estimate of drug-likeness (QED) is 0.476. The van der Waals surface area contributed by atoms with Crippen LogP contribution in [0.4, 0.5) is 4.79 Å². The van der Waals surface area contributed by atoms with Crippen molar-refractivity contribution < 1.29 is 23.9 Å². The SMILES string of the molecule is COc1ccc2c(c1)CC1Cn3c-2c(C2CCCCC2)c2ccc(cc23)C(=O)NC(=O)N(C)CCOCCN(C)C1=O. The first-order valence-electron chi connectivity index (χ1n) is 15.1. The summed E-state index contributed by atoms with van der Waals surface area (Å²) in [6.07, 6.45) is 6.45. The van der Waals surface area contributed by atoms with Gasteiger partial charge in [0.1, 0.15) is 5.75 Å². The molecule has 4 bridgehead atoms. The Hall–Kier alpha value is -3.85. The first-order valence-corrected chi connectivity index (χ1v) is 15.1. The van der Waals surface area contributed by atoms with Gasteiger partial charge in [0.05, 0.1) is 31.9 Å². The molecule has 2 aromatic carbocycles. The van der Waals surface area contributed by atoms with Gasteiger partial charge in [-0.2, -0.15) is 0 Å². The summed E-state index contributed by atoms with van der Waals surface area (Å²) < 4.78 is 13.6. The molecule has 1 N–H and O–H groups in total. The summed E-state index contributed by atoms with van der Waals surface area (Å²) in [4.78, 5) is 43.2. The van der Waals surface area contributed by atoms with E-state index < -0.39 is 11.9 Å². The molecule has 1 saturated carbocycles. The number of urea groups is 1. The number of hydrogen-bond donors (Lipinski definition) is 1. The Morgan fingerprint density at radius 1 is 0.905 bits per heavy atom. The average Bonchev–Trinajstić information content (AvgIpc) is 3.22. The fourth-order valence-electron chi connectivity index (χ4n) is 6.91. The van der Waals surface area contributed by atoms with E-state index in [9.17, 15) is 14.4 Å². The topological polar surface area (TPSA) is 93.1 Å². The number of nitrogens with zero attached hydrogens (tertiary/aromatic N) is 3. The molecule has 3 aromatic rings. The molecule has 1 atom stereocenters. The monoisotopic (exact) mass is 572 g/mol. The number of hydrogen-bond acceptors (Lipinski definition) is 5. The van der Waals surface area contributed by atoms with Crippen molar-refractivity contribution in [2.45, 2.75) is 51.0 Å². The average molecular weight is 573 g/mol. The zero-order chi connectivity index (χ0) is 29.4. The number of carbonyl (C=O) groups is 3. The Balaban J connectivity index is 1.57. The van der Waals surface area contributed by atoms with Crippen LogP contribution in [0.15, 0.2) is 36.4 Å². The zero-order valence-electron chi connectivity index (χ0n) is 24.8. The normalized spacial score (nSPS) is 20.9. The number of rotatable bonds is 2. The second-order valence-corrected chi connectivity index (χ2v) is 11.9. The molecule has 2 aliphatic heterocycles. The van der Waals surface area contributed by atoms with E-state index in [2.05, 4.69) is 22.0 Å². The lowest BCUT2D eigenvalue weighted by Crippen LogP contribution is -2.42. The number of ether oxygens (including phenoxy) is 2. The number of amides is 4. The molecule has 1 fully saturated rings. The molecule has 3 heterocycles. The number of fused-ring (bicyclic) bond motifs is 4. The lowest BCUT2D eigenvalue weighted by atomic mass is 9.81. The van der Waals surface area contributed by atoms with Crippen LogP contribution in [0.25, 0.3) is 22.2 Å². The Kier molecular flexibility index (Phi) is 7.94. The Morgan fingerprint density at radius 3 is 2.43 bits per heavy atom. The summed E-state index contributed by atoms with van der Waals surface area (Å²) >= 11 is 0. The maximum atomic E-state index is 14.0. The van der Waals surface area contributed by atoms with Gasteiger partial charge in [-0.1, -0.05) is 25.3 Å². The van der Waals surface area contributed by atoms with Crippen LogP contribution in [0.5, 0.6) is 5.75 Å². The summed E-state index contributed by atoms with van der Waals surface area (Å²) in [6, 6.07) is 11.5. The predicted molar refractivity (Wildman–Crippen MR) is 161 cm³/mol. The van der Waals surface area contributed by atoms with Crippen molar-refractivity contribution in [2.24, 2.45) is 5.92 Å².